The third kappa shape index (κ3) is 2.94. The fourth-order valence-electron chi connectivity index (χ4n) is 3.07. The van der Waals surface area contributed by atoms with Crippen molar-refractivity contribution in [3.63, 3.8) is 0 Å². The van der Waals surface area contributed by atoms with Gasteiger partial charge < -0.3 is 10.1 Å². The number of benzene rings is 2. The number of aliphatic imine (C=N–C) groups is 1. The van der Waals surface area contributed by atoms with Crippen LogP contribution in [0, 0.1) is 0 Å². The maximum atomic E-state index is 10.2. The molecule has 0 unspecified atom stereocenters. The van der Waals surface area contributed by atoms with E-state index >= 15 is 0 Å². The van der Waals surface area contributed by atoms with Gasteiger partial charge in [-0.25, -0.2) is 0 Å². The van der Waals surface area contributed by atoms with Crippen LogP contribution in [0.15, 0.2) is 47.5 Å². The Morgan fingerprint density at radius 3 is 2.17 bits per heavy atom. The Kier molecular flexibility index (Phi) is 4.43. The molecule has 3 heteroatoms. The van der Waals surface area contributed by atoms with Gasteiger partial charge in [0, 0.05) is 17.1 Å². The number of aromatic hydroxyl groups is 1. The van der Waals surface area contributed by atoms with Gasteiger partial charge in [0.1, 0.15) is 0 Å². The van der Waals surface area contributed by atoms with Crippen molar-refractivity contribution in [3.8, 4) is 5.88 Å². The van der Waals surface area contributed by atoms with Gasteiger partial charge in [-0.2, -0.15) is 0 Å². The van der Waals surface area contributed by atoms with E-state index in [1.54, 1.807) is 6.21 Å². The molecule has 2 aromatic carbocycles. The van der Waals surface area contributed by atoms with Crippen molar-refractivity contribution in [1.82, 2.24) is 4.98 Å². The van der Waals surface area contributed by atoms with Gasteiger partial charge in [0.25, 0.3) is 0 Å². The highest BCUT2D eigenvalue weighted by atomic mass is 16.3. The Morgan fingerprint density at radius 2 is 1.54 bits per heavy atom. The molecule has 3 nitrogen and oxygen atoms in total. The first-order chi connectivity index (χ1) is 11.5. The predicted octanol–water partition coefficient (Wildman–Crippen LogP) is 5.87. The minimum absolute atomic E-state index is 0.160. The lowest BCUT2D eigenvalue weighted by molar-refractivity contribution is 0.457. The zero-order valence-electron chi connectivity index (χ0n) is 14.7. The third-order valence-corrected chi connectivity index (χ3v) is 4.39. The molecule has 24 heavy (non-hydrogen) atoms. The van der Waals surface area contributed by atoms with Crippen molar-refractivity contribution in [3.05, 3.63) is 59.2 Å². The van der Waals surface area contributed by atoms with Crippen molar-refractivity contribution in [2.75, 3.05) is 0 Å². The molecular weight excluding hydrogens is 296 g/mol. The second-order valence-electron chi connectivity index (χ2n) is 6.79. The molecule has 3 rings (SSSR count). The van der Waals surface area contributed by atoms with Crippen molar-refractivity contribution < 1.29 is 5.11 Å². The second-order valence-corrected chi connectivity index (χ2v) is 6.79. The molecule has 0 bridgehead atoms. The number of nitrogens with one attached hydrogen (secondary N) is 1. The number of rotatable bonds is 4. The van der Waals surface area contributed by atoms with Crippen LogP contribution in [0.5, 0.6) is 5.88 Å². The fourth-order valence-corrected chi connectivity index (χ4v) is 3.07. The number of nitrogens with zero attached hydrogens (tertiary/aromatic N) is 1. The molecule has 0 aliphatic heterocycles. The highest BCUT2D eigenvalue weighted by Crippen LogP contribution is 2.35. The maximum absolute atomic E-state index is 10.2. The van der Waals surface area contributed by atoms with E-state index in [2.05, 4.69) is 50.9 Å². The van der Waals surface area contributed by atoms with Crippen LogP contribution in [0.25, 0.3) is 10.9 Å². The average molecular weight is 320 g/mol. The lowest BCUT2D eigenvalue weighted by atomic mass is 9.93. The number of aromatic nitrogens is 1. The highest BCUT2D eigenvalue weighted by molar-refractivity contribution is 6.02. The summed E-state index contributed by atoms with van der Waals surface area (Å²) in [6, 6.07) is 14.2. The minimum Gasteiger partial charge on any atom is -0.494 e. The molecular formula is C21H24N2O. The molecule has 0 saturated heterocycles. The molecule has 0 aliphatic carbocycles. The molecule has 0 atom stereocenters. The summed E-state index contributed by atoms with van der Waals surface area (Å²) in [7, 11) is 0. The first-order valence-corrected chi connectivity index (χ1v) is 8.45. The zero-order valence-corrected chi connectivity index (χ0v) is 14.7. The Morgan fingerprint density at radius 1 is 0.917 bits per heavy atom. The molecule has 1 heterocycles. The molecule has 0 radical (unpaired) electrons. The van der Waals surface area contributed by atoms with Gasteiger partial charge in [0.15, 0.2) is 5.88 Å². The van der Waals surface area contributed by atoms with Crippen molar-refractivity contribution in [2.45, 2.75) is 39.5 Å². The predicted molar refractivity (Wildman–Crippen MR) is 102 cm³/mol. The summed E-state index contributed by atoms with van der Waals surface area (Å²) in [6.07, 6.45) is 1.78. The summed E-state index contributed by atoms with van der Waals surface area (Å²) in [5.74, 6) is 0.952. The largest absolute Gasteiger partial charge is 0.494 e. The van der Waals surface area contributed by atoms with Crippen LogP contribution < -0.4 is 0 Å². The van der Waals surface area contributed by atoms with E-state index in [-0.39, 0.29) is 5.88 Å². The van der Waals surface area contributed by atoms with E-state index in [1.165, 1.54) is 11.1 Å². The number of hydrogen-bond acceptors (Lipinski definition) is 2. The zero-order chi connectivity index (χ0) is 17.3. The summed E-state index contributed by atoms with van der Waals surface area (Å²) in [4.78, 5) is 7.80. The van der Waals surface area contributed by atoms with Gasteiger partial charge in [-0.3, -0.25) is 4.99 Å². The van der Waals surface area contributed by atoms with Crippen LogP contribution in [0.3, 0.4) is 0 Å². The fraction of sp³-hybridized carbons (Fsp3) is 0.286. The highest BCUT2D eigenvalue weighted by Gasteiger charge is 2.14. The van der Waals surface area contributed by atoms with Gasteiger partial charge in [0.2, 0.25) is 0 Å². The van der Waals surface area contributed by atoms with Gasteiger partial charge in [-0.05, 0) is 29.0 Å². The molecule has 2 N–H and O–H groups in total. The Labute approximate surface area is 143 Å². The molecule has 0 fully saturated rings. The van der Waals surface area contributed by atoms with Crippen LogP contribution in [0.1, 0.15) is 56.2 Å². The van der Waals surface area contributed by atoms with E-state index in [1.807, 2.05) is 24.3 Å². The normalized spacial score (nSPS) is 12.1. The first kappa shape index (κ1) is 16.3. The molecule has 0 amide bonds. The summed E-state index contributed by atoms with van der Waals surface area (Å²) in [5.41, 5.74) is 5.14. The van der Waals surface area contributed by atoms with Gasteiger partial charge in [0.05, 0.1) is 11.3 Å². The van der Waals surface area contributed by atoms with Crippen molar-refractivity contribution in [2.24, 2.45) is 4.99 Å². The smallest absolute Gasteiger partial charge is 0.198 e. The van der Waals surface area contributed by atoms with Crippen LogP contribution >= 0.6 is 0 Å². The minimum atomic E-state index is 0.160. The summed E-state index contributed by atoms with van der Waals surface area (Å²) < 4.78 is 0. The monoisotopic (exact) mass is 320 g/mol. The quantitative estimate of drug-likeness (QED) is 0.580. The first-order valence-electron chi connectivity index (χ1n) is 8.45. The number of aromatic amines is 1. The van der Waals surface area contributed by atoms with E-state index in [0.29, 0.717) is 11.8 Å². The van der Waals surface area contributed by atoms with E-state index in [9.17, 15) is 5.11 Å². The van der Waals surface area contributed by atoms with E-state index in [0.717, 1.165) is 22.2 Å². The van der Waals surface area contributed by atoms with Gasteiger partial charge >= 0.3 is 0 Å². The van der Waals surface area contributed by atoms with Crippen LogP contribution in [0.4, 0.5) is 5.69 Å². The Bertz CT molecular complexity index is 862. The van der Waals surface area contributed by atoms with Crippen molar-refractivity contribution in [1.29, 1.82) is 0 Å². The molecule has 1 aromatic heterocycles. The van der Waals surface area contributed by atoms with Crippen molar-refractivity contribution >= 4 is 22.8 Å². The molecule has 3 aromatic rings. The Balaban J connectivity index is 2.13. The standard InChI is InChI=1S/C21H24N2O/c1-13(2)15-9-7-10-16(14(3)4)20(15)22-12-18-17-8-5-6-11-19(17)23-21(18)24/h5-14,23-24H,1-4H3. The SMILES string of the molecule is CC(C)c1cccc(C(C)C)c1N=Cc1c(O)[nH]c2ccccc12. The number of fused-ring (bicyclic) bond motifs is 1. The van der Waals surface area contributed by atoms with Crippen LogP contribution in [-0.2, 0) is 0 Å². The Hall–Kier alpha value is -2.55. The van der Waals surface area contributed by atoms with E-state index in [4.69, 9.17) is 4.99 Å². The van der Waals surface area contributed by atoms with Gasteiger partial charge in [-0.15, -0.1) is 0 Å². The maximum Gasteiger partial charge on any atom is 0.198 e. The van der Waals surface area contributed by atoms with Crippen LogP contribution in [0.2, 0.25) is 0 Å². The average Bonchev–Trinajstić information content (AvgIpc) is 2.87. The second kappa shape index (κ2) is 6.52. The third-order valence-electron chi connectivity index (χ3n) is 4.39. The van der Waals surface area contributed by atoms with Gasteiger partial charge in [-0.1, -0.05) is 64.1 Å². The number of H-pyrrole nitrogens is 1. The van der Waals surface area contributed by atoms with Crippen LogP contribution in [-0.4, -0.2) is 16.3 Å². The lowest BCUT2D eigenvalue weighted by Crippen LogP contribution is -1.95. The topological polar surface area (TPSA) is 48.4 Å². The lowest BCUT2D eigenvalue weighted by Gasteiger charge is -2.16. The molecule has 0 saturated carbocycles. The summed E-state index contributed by atoms with van der Waals surface area (Å²) in [6.45, 7) is 8.73. The summed E-state index contributed by atoms with van der Waals surface area (Å²) >= 11 is 0. The number of para-hydroxylation sites is 2. The summed E-state index contributed by atoms with van der Waals surface area (Å²) in [5, 5.41) is 11.2. The molecule has 0 aliphatic rings. The molecule has 124 valence electrons. The van der Waals surface area contributed by atoms with E-state index < -0.39 is 0 Å². The number of hydrogen-bond donors (Lipinski definition) is 2. The molecule has 0 spiro atoms.